The molecule has 0 aliphatic carbocycles. The molecule has 8 heteroatoms. The van der Waals surface area contributed by atoms with Crippen LogP contribution in [0.1, 0.15) is 5.69 Å². The summed E-state index contributed by atoms with van der Waals surface area (Å²) < 4.78 is 22.9. The fourth-order valence-corrected chi connectivity index (χ4v) is 1.50. The summed E-state index contributed by atoms with van der Waals surface area (Å²) in [5.41, 5.74) is 0.295. The van der Waals surface area contributed by atoms with Gasteiger partial charge >= 0.3 is 0 Å². The van der Waals surface area contributed by atoms with Crippen molar-refractivity contribution in [3.63, 3.8) is 0 Å². The van der Waals surface area contributed by atoms with Crippen LogP contribution in [0.3, 0.4) is 0 Å². The minimum absolute atomic E-state index is 0.116. The number of nitrogens with two attached hydrogens (primary N) is 1. The van der Waals surface area contributed by atoms with Gasteiger partial charge in [-0.15, -0.1) is 0 Å². The SMILES string of the molecule is NS(=O)(=O)c1cc(CO)n(CCO)n1. The summed E-state index contributed by atoms with van der Waals surface area (Å²) in [4.78, 5) is 0. The highest BCUT2D eigenvalue weighted by molar-refractivity contribution is 7.89. The molecule has 0 spiro atoms. The van der Waals surface area contributed by atoms with Gasteiger partial charge in [-0.2, -0.15) is 5.10 Å². The van der Waals surface area contributed by atoms with Crippen molar-refractivity contribution in [2.45, 2.75) is 18.2 Å². The van der Waals surface area contributed by atoms with Crippen LogP contribution in [0.2, 0.25) is 0 Å². The summed E-state index contributed by atoms with van der Waals surface area (Å²) in [6, 6.07) is 1.17. The van der Waals surface area contributed by atoms with E-state index in [1.54, 1.807) is 0 Å². The predicted molar refractivity (Wildman–Crippen MR) is 46.6 cm³/mol. The van der Waals surface area contributed by atoms with Gasteiger partial charge in [0.05, 0.1) is 25.5 Å². The number of nitrogens with zero attached hydrogens (tertiary/aromatic N) is 2. The molecule has 1 rings (SSSR count). The van der Waals surface area contributed by atoms with Gasteiger partial charge in [0.15, 0.2) is 5.03 Å². The second kappa shape index (κ2) is 4.05. The van der Waals surface area contributed by atoms with Crippen molar-refractivity contribution in [2.24, 2.45) is 5.14 Å². The summed E-state index contributed by atoms with van der Waals surface area (Å²) in [6.07, 6.45) is 0. The summed E-state index contributed by atoms with van der Waals surface area (Å²) in [5.74, 6) is 0. The molecule has 1 aromatic rings. The van der Waals surface area contributed by atoms with Crippen LogP contribution in [0, 0.1) is 0 Å². The van der Waals surface area contributed by atoms with Crippen molar-refractivity contribution in [3.8, 4) is 0 Å². The third kappa shape index (κ3) is 2.29. The van der Waals surface area contributed by atoms with Crippen LogP contribution in [0.25, 0.3) is 0 Å². The molecular formula is C6H11N3O4S. The first-order valence-electron chi connectivity index (χ1n) is 3.80. The van der Waals surface area contributed by atoms with Crippen LogP contribution in [-0.4, -0.2) is 35.0 Å². The van der Waals surface area contributed by atoms with Crippen LogP contribution in [0.5, 0.6) is 0 Å². The third-order valence-electron chi connectivity index (χ3n) is 1.61. The number of sulfonamides is 1. The lowest BCUT2D eigenvalue weighted by atomic mass is 10.4. The van der Waals surface area contributed by atoms with E-state index < -0.39 is 10.0 Å². The van der Waals surface area contributed by atoms with E-state index in [-0.39, 0.29) is 24.8 Å². The maximum Gasteiger partial charge on any atom is 0.257 e. The van der Waals surface area contributed by atoms with Crippen LogP contribution in [0.4, 0.5) is 0 Å². The third-order valence-corrected chi connectivity index (χ3v) is 2.39. The highest BCUT2D eigenvalue weighted by atomic mass is 32.2. The molecule has 0 saturated carbocycles. The Morgan fingerprint density at radius 1 is 1.50 bits per heavy atom. The molecule has 4 N–H and O–H groups in total. The Morgan fingerprint density at radius 2 is 2.14 bits per heavy atom. The minimum atomic E-state index is -3.86. The Labute approximate surface area is 80.8 Å². The lowest BCUT2D eigenvalue weighted by Gasteiger charge is -2.00. The number of rotatable bonds is 4. The Bertz CT molecular complexity index is 411. The van der Waals surface area contributed by atoms with E-state index >= 15 is 0 Å². The zero-order valence-electron chi connectivity index (χ0n) is 7.29. The maximum atomic E-state index is 10.9. The van der Waals surface area contributed by atoms with E-state index in [1.807, 2.05) is 0 Å². The lowest BCUT2D eigenvalue weighted by molar-refractivity contribution is 0.243. The van der Waals surface area contributed by atoms with Gasteiger partial charge in [-0.3, -0.25) is 4.68 Å². The van der Waals surface area contributed by atoms with Gasteiger partial charge in [0.25, 0.3) is 10.0 Å². The minimum Gasteiger partial charge on any atom is -0.394 e. The molecule has 0 amide bonds. The van der Waals surface area contributed by atoms with Crippen molar-refractivity contribution in [1.29, 1.82) is 0 Å². The molecule has 0 aliphatic rings. The van der Waals surface area contributed by atoms with E-state index in [0.717, 1.165) is 0 Å². The standard InChI is InChI=1S/C6H11N3O4S/c7-14(12,13)6-3-5(4-11)9(8-6)1-2-10/h3,10-11H,1-2,4H2,(H2,7,12,13). The number of aliphatic hydroxyl groups excluding tert-OH is 2. The van der Waals surface area contributed by atoms with Crippen molar-refractivity contribution in [1.82, 2.24) is 9.78 Å². The first-order valence-corrected chi connectivity index (χ1v) is 5.35. The molecule has 0 aromatic carbocycles. The first-order chi connectivity index (χ1) is 6.49. The van der Waals surface area contributed by atoms with Crippen molar-refractivity contribution < 1.29 is 18.6 Å². The Hall–Kier alpha value is -0.960. The molecule has 0 unspecified atom stereocenters. The number of hydrogen-bond acceptors (Lipinski definition) is 5. The zero-order chi connectivity index (χ0) is 10.8. The van der Waals surface area contributed by atoms with Gasteiger partial charge in [0.2, 0.25) is 0 Å². The van der Waals surface area contributed by atoms with Gasteiger partial charge in [-0.05, 0) is 0 Å². The maximum absolute atomic E-state index is 10.9. The fourth-order valence-electron chi connectivity index (χ4n) is 0.984. The topological polar surface area (TPSA) is 118 Å². The van der Waals surface area contributed by atoms with E-state index in [4.69, 9.17) is 15.4 Å². The average molecular weight is 221 g/mol. The molecule has 0 saturated heterocycles. The largest absolute Gasteiger partial charge is 0.394 e. The normalized spacial score (nSPS) is 11.9. The molecule has 0 fully saturated rings. The monoisotopic (exact) mass is 221 g/mol. The summed E-state index contributed by atoms with van der Waals surface area (Å²) in [6.45, 7) is -0.438. The first kappa shape index (κ1) is 11.1. The highest BCUT2D eigenvalue weighted by Gasteiger charge is 2.15. The van der Waals surface area contributed by atoms with Crippen LogP contribution < -0.4 is 5.14 Å². The van der Waals surface area contributed by atoms with Gasteiger partial charge < -0.3 is 10.2 Å². The molecule has 1 aromatic heterocycles. The number of aromatic nitrogens is 2. The highest BCUT2D eigenvalue weighted by Crippen LogP contribution is 2.08. The van der Waals surface area contributed by atoms with E-state index in [9.17, 15) is 8.42 Å². The molecule has 0 radical (unpaired) electrons. The van der Waals surface area contributed by atoms with Gasteiger partial charge in [0, 0.05) is 6.07 Å². The molecule has 14 heavy (non-hydrogen) atoms. The zero-order valence-corrected chi connectivity index (χ0v) is 8.11. The molecule has 80 valence electrons. The molecule has 1 heterocycles. The second-order valence-corrected chi connectivity index (χ2v) is 4.13. The number of primary sulfonamides is 1. The molecular weight excluding hydrogens is 210 g/mol. The smallest absolute Gasteiger partial charge is 0.257 e. The quantitative estimate of drug-likeness (QED) is 0.544. The second-order valence-electron chi connectivity index (χ2n) is 2.62. The van der Waals surface area contributed by atoms with E-state index in [2.05, 4.69) is 5.10 Å². The van der Waals surface area contributed by atoms with Crippen LogP contribution in [-0.2, 0) is 23.2 Å². The Balaban J connectivity index is 3.13. The van der Waals surface area contributed by atoms with Crippen molar-refractivity contribution in [2.75, 3.05) is 6.61 Å². The average Bonchev–Trinajstić information content (AvgIpc) is 2.47. The van der Waals surface area contributed by atoms with E-state index in [1.165, 1.54) is 10.7 Å². The van der Waals surface area contributed by atoms with Gasteiger partial charge in [0.1, 0.15) is 0 Å². The predicted octanol–water partition coefficient (Wildman–Crippen LogP) is -1.98. The summed E-state index contributed by atoms with van der Waals surface area (Å²) in [7, 11) is -3.86. The van der Waals surface area contributed by atoms with Crippen LogP contribution in [0.15, 0.2) is 11.1 Å². The molecule has 0 aliphatic heterocycles. The molecule has 0 bridgehead atoms. The van der Waals surface area contributed by atoms with Crippen LogP contribution >= 0.6 is 0 Å². The van der Waals surface area contributed by atoms with E-state index in [0.29, 0.717) is 5.69 Å². The number of aliphatic hydroxyl groups is 2. The number of hydrogen-bond donors (Lipinski definition) is 3. The van der Waals surface area contributed by atoms with Gasteiger partial charge in [-0.25, -0.2) is 13.6 Å². The molecule has 7 nitrogen and oxygen atoms in total. The fraction of sp³-hybridized carbons (Fsp3) is 0.500. The van der Waals surface area contributed by atoms with Gasteiger partial charge in [-0.1, -0.05) is 0 Å². The summed E-state index contributed by atoms with van der Waals surface area (Å²) >= 11 is 0. The summed E-state index contributed by atoms with van der Waals surface area (Å²) in [5, 5.41) is 25.6. The molecule has 0 atom stereocenters. The van der Waals surface area contributed by atoms with Crippen molar-refractivity contribution in [3.05, 3.63) is 11.8 Å². The lowest BCUT2D eigenvalue weighted by Crippen LogP contribution is -2.14. The van der Waals surface area contributed by atoms with Crippen molar-refractivity contribution >= 4 is 10.0 Å². The Morgan fingerprint density at radius 3 is 2.57 bits per heavy atom. The Kier molecular flexibility index (Phi) is 3.21.